The van der Waals surface area contributed by atoms with Gasteiger partial charge in [-0.1, -0.05) is 0 Å². The van der Waals surface area contributed by atoms with Crippen LogP contribution in [0.3, 0.4) is 0 Å². The highest BCUT2D eigenvalue weighted by molar-refractivity contribution is 5.93. The van der Waals surface area contributed by atoms with Crippen molar-refractivity contribution in [3.8, 4) is 17.1 Å². The normalized spacial score (nSPS) is 18.4. The molecule has 1 saturated heterocycles. The summed E-state index contributed by atoms with van der Waals surface area (Å²) >= 11 is 0. The van der Waals surface area contributed by atoms with Gasteiger partial charge in [0.25, 0.3) is 5.91 Å². The number of furan rings is 1. The van der Waals surface area contributed by atoms with Gasteiger partial charge in [-0.2, -0.15) is 0 Å². The maximum atomic E-state index is 12.3. The Morgan fingerprint density at radius 2 is 1.89 bits per heavy atom. The van der Waals surface area contributed by atoms with Crippen molar-refractivity contribution in [3.05, 3.63) is 41.7 Å². The average Bonchev–Trinajstić information content (AvgIpc) is 3.31. The Morgan fingerprint density at radius 1 is 1.14 bits per heavy atom. The molecule has 1 aromatic heterocycles. The Bertz CT molecular complexity index is 1100. The van der Waals surface area contributed by atoms with Gasteiger partial charge < -0.3 is 34.0 Å². The first kappa shape index (κ1) is 24.6. The zero-order valence-corrected chi connectivity index (χ0v) is 20.0. The number of carboxylic acid groups (broad SMARTS) is 1. The number of fused-ring (bicyclic) bond motifs is 1. The van der Waals surface area contributed by atoms with Crippen molar-refractivity contribution in [1.82, 2.24) is 10.2 Å². The molecule has 0 bridgehead atoms. The van der Waals surface area contributed by atoms with E-state index >= 15 is 0 Å². The summed E-state index contributed by atoms with van der Waals surface area (Å²) in [7, 11) is 0. The number of ether oxygens (including phenoxy) is 3. The summed E-state index contributed by atoms with van der Waals surface area (Å²) in [6, 6.07) is 8.73. The molecule has 1 atom stereocenters. The van der Waals surface area contributed by atoms with Crippen molar-refractivity contribution in [2.75, 3.05) is 19.6 Å². The number of nitrogens with zero attached hydrogens (tertiary/aromatic N) is 1. The minimum absolute atomic E-state index is 0.0317. The molecule has 1 aromatic carbocycles. The third kappa shape index (κ3) is 6.13. The highest BCUT2D eigenvalue weighted by Gasteiger charge is 2.34. The highest BCUT2D eigenvalue weighted by Crippen LogP contribution is 2.35. The van der Waals surface area contributed by atoms with Crippen LogP contribution in [0.15, 0.2) is 34.7 Å². The predicted octanol–water partition coefficient (Wildman–Crippen LogP) is 3.64. The third-order valence-corrected chi connectivity index (χ3v) is 5.80. The summed E-state index contributed by atoms with van der Waals surface area (Å²) in [5.74, 6) is -0.325. The van der Waals surface area contributed by atoms with E-state index in [0.717, 1.165) is 29.7 Å². The molecule has 2 aliphatic rings. The number of amides is 2. The molecular weight excluding hydrogens is 456 g/mol. The van der Waals surface area contributed by atoms with Gasteiger partial charge in [-0.05, 0) is 63.9 Å². The van der Waals surface area contributed by atoms with Crippen LogP contribution >= 0.6 is 0 Å². The summed E-state index contributed by atoms with van der Waals surface area (Å²) in [5.41, 5.74) is 1.09. The fourth-order valence-corrected chi connectivity index (χ4v) is 4.06. The first-order valence-electron chi connectivity index (χ1n) is 11.6. The minimum Gasteiger partial charge on any atom is -0.480 e. The van der Waals surface area contributed by atoms with Gasteiger partial charge in [0.1, 0.15) is 23.7 Å². The molecule has 0 spiro atoms. The molecule has 10 heteroatoms. The Morgan fingerprint density at radius 3 is 2.57 bits per heavy atom. The second kappa shape index (κ2) is 9.99. The largest absolute Gasteiger partial charge is 0.480 e. The molecule has 10 nitrogen and oxygen atoms in total. The Kier molecular flexibility index (Phi) is 7.02. The van der Waals surface area contributed by atoms with Crippen molar-refractivity contribution in [2.45, 2.75) is 52.1 Å². The number of nitrogens with one attached hydrogen (secondary N) is 1. The van der Waals surface area contributed by atoms with E-state index < -0.39 is 24.0 Å². The van der Waals surface area contributed by atoms with Crippen LogP contribution in [-0.2, 0) is 20.9 Å². The maximum absolute atomic E-state index is 12.3. The molecule has 4 rings (SSSR count). The topological polar surface area (TPSA) is 128 Å². The molecule has 3 heterocycles. The van der Waals surface area contributed by atoms with Gasteiger partial charge in [0.05, 0.1) is 6.61 Å². The van der Waals surface area contributed by atoms with E-state index in [-0.39, 0.29) is 24.1 Å². The summed E-state index contributed by atoms with van der Waals surface area (Å²) in [6.07, 6.45) is 0.842. The van der Waals surface area contributed by atoms with Crippen molar-refractivity contribution in [2.24, 2.45) is 5.92 Å². The first-order valence-corrected chi connectivity index (χ1v) is 11.6. The number of likely N-dealkylation sites (tertiary alicyclic amines) is 1. The van der Waals surface area contributed by atoms with Crippen LogP contribution in [0.2, 0.25) is 0 Å². The number of hydrogen-bond acceptors (Lipinski definition) is 7. The van der Waals surface area contributed by atoms with Crippen molar-refractivity contribution < 1.29 is 38.1 Å². The van der Waals surface area contributed by atoms with E-state index in [1.165, 1.54) is 6.07 Å². The molecule has 35 heavy (non-hydrogen) atoms. The molecular formula is C25H30N2O8. The molecule has 1 unspecified atom stereocenters. The van der Waals surface area contributed by atoms with Crippen molar-refractivity contribution in [1.29, 1.82) is 0 Å². The molecule has 0 saturated carbocycles. The number of piperidine rings is 1. The summed E-state index contributed by atoms with van der Waals surface area (Å²) in [4.78, 5) is 36.6. The molecule has 0 aliphatic carbocycles. The van der Waals surface area contributed by atoms with Crippen molar-refractivity contribution >= 4 is 18.0 Å². The Labute approximate surface area is 203 Å². The van der Waals surface area contributed by atoms with E-state index in [2.05, 4.69) is 5.32 Å². The van der Waals surface area contributed by atoms with E-state index in [4.69, 9.17) is 23.7 Å². The molecule has 2 aromatic rings. The van der Waals surface area contributed by atoms with Crippen LogP contribution in [0.5, 0.6) is 5.75 Å². The van der Waals surface area contributed by atoms with E-state index in [9.17, 15) is 14.4 Å². The van der Waals surface area contributed by atoms with Crippen LogP contribution in [0.1, 0.15) is 49.7 Å². The lowest BCUT2D eigenvalue weighted by Gasteiger charge is -2.38. The van der Waals surface area contributed by atoms with Gasteiger partial charge in [-0.15, -0.1) is 0 Å². The fourth-order valence-electron chi connectivity index (χ4n) is 4.06. The zero-order valence-electron chi connectivity index (χ0n) is 20.0. The smallest absolute Gasteiger partial charge is 0.410 e. The van der Waals surface area contributed by atoms with Gasteiger partial charge in [-0.3, -0.25) is 9.59 Å². The molecule has 1 fully saturated rings. The van der Waals surface area contributed by atoms with Gasteiger partial charge in [0.2, 0.25) is 6.29 Å². The number of carbonyl (C=O) groups is 3. The zero-order chi connectivity index (χ0) is 25.2. The lowest BCUT2D eigenvalue weighted by atomic mass is 9.95. The number of benzene rings is 1. The SMILES string of the molecule is CC(C)(C)OC(=O)N1CCC(C2OCc3cc(-c4ccc(C(=O)NCC(=O)O)o4)ccc3O2)CC1. The highest BCUT2D eigenvalue weighted by atomic mass is 16.7. The van der Waals surface area contributed by atoms with Crippen LogP contribution in [0.4, 0.5) is 4.79 Å². The second-order valence-electron chi connectivity index (χ2n) is 9.66. The van der Waals surface area contributed by atoms with E-state index in [1.807, 2.05) is 39.0 Å². The van der Waals surface area contributed by atoms with Crippen LogP contribution in [0, 0.1) is 5.92 Å². The number of carbonyl (C=O) groups excluding carboxylic acids is 2. The fraction of sp³-hybridized carbons (Fsp3) is 0.480. The Hall–Kier alpha value is -3.53. The number of aliphatic carboxylic acids is 1. The summed E-state index contributed by atoms with van der Waals surface area (Å²) < 4.78 is 23.2. The lowest BCUT2D eigenvalue weighted by Crippen LogP contribution is -2.45. The summed E-state index contributed by atoms with van der Waals surface area (Å²) in [5, 5.41) is 11.0. The molecule has 188 valence electrons. The van der Waals surface area contributed by atoms with Gasteiger partial charge >= 0.3 is 12.1 Å². The number of carboxylic acids is 1. The van der Waals surface area contributed by atoms with Gasteiger partial charge in [-0.25, -0.2) is 4.79 Å². The molecule has 0 radical (unpaired) electrons. The quantitative estimate of drug-likeness (QED) is 0.656. The minimum atomic E-state index is -1.13. The maximum Gasteiger partial charge on any atom is 0.410 e. The van der Waals surface area contributed by atoms with E-state index in [0.29, 0.717) is 25.5 Å². The number of rotatable bonds is 5. The monoisotopic (exact) mass is 486 g/mol. The van der Waals surface area contributed by atoms with Crippen LogP contribution in [-0.4, -0.2) is 59.5 Å². The Balaban J connectivity index is 1.34. The van der Waals surface area contributed by atoms with Crippen LogP contribution in [0.25, 0.3) is 11.3 Å². The lowest BCUT2D eigenvalue weighted by molar-refractivity contribution is -0.149. The van der Waals surface area contributed by atoms with Crippen molar-refractivity contribution in [3.63, 3.8) is 0 Å². The van der Waals surface area contributed by atoms with Gasteiger partial charge in [0.15, 0.2) is 5.76 Å². The second-order valence-corrected chi connectivity index (χ2v) is 9.66. The molecule has 2 aliphatic heterocycles. The number of hydrogen-bond donors (Lipinski definition) is 2. The van der Waals surface area contributed by atoms with E-state index in [1.54, 1.807) is 11.0 Å². The standard InChI is InChI=1S/C25H30N2O8/c1-25(2,3)35-24(31)27-10-8-15(9-11-27)23-32-14-17-12-16(4-5-19(17)34-23)18-6-7-20(33-18)22(30)26-13-21(28)29/h4-7,12,15,23H,8-11,13-14H2,1-3H3,(H,26,30)(H,28,29). The third-order valence-electron chi connectivity index (χ3n) is 5.80. The molecule has 2 amide bonds. The molecule has 2 N–H and O–H groups in total. The average molecular weight is 487 g/mol. The predicted molar refractivity (Wildman–Crippen MR) is 124 cm³/mol. The van der Waals surface area contributed by atoms with Gasteiger partial charge in [0, 0.05) is 30.1 Å². The summed E-state index contributed by atoms with van der Waals surface area (Å²) in [6.45, 7) is 6.64. The van der Waals surface area contributed by atoms with Crippen LogP contribution < -0.4 is 10.1 Å². The first-order chi connectivity index (χ1) is 16.6.